The Bertz CT molecular complexity index is 460. The first-order valence-corrected chi connectivity index (χ1v) is 8.75. The molecule has 0 radical (unpaired) electrons. The number of rotatable bonds is 7. The van der Waals surface area contributed by atoms with Gasteiger partial charge in [-0.3, -0.25) is 0 Å². The molecule has 0 spiro atoms. The molecular weight excluding hydrogens is 295 g/mol. The van der Waals surface area contributed by atoms with Crippen molar-refractivity contribution in [3.8, 4) is 5.75 Å². The standard InChI is InChI=1S/C16H27BO4Si/c1-15(2)16(3,4)21-17(20-15)13-7-9-14(10-8-13)18-11-5-6-12-19-22/h7-10H,5-6,11-12H2,1-4,22H3. The summed E-state index contributed by atoms with van der Waals surface area (Å²) in [6.07, 6.45) is 2.07. The Morgan fingerprint density at radius 1 is 0.955 bits per heavy atom. The first-order valence-electron chi connectivity index (χ1n) is 7.93. The molecule has 0 amide bonds. The molecule has 0 saturated carbocycles. The first-order chi connectivity index (χ1) is 10.4. The SMILES string of the molecule is CC1(C)OB(c2ccc(OCCCCO[SiH3])cc2)OC1(C)C. The van der Waals surface area contributed by atoms with Crippen molar-refractivity contribution in [2.45, 2.75) is 51.7 Å². The average molecular weight is 322 g/mol. The molecule has 0 atom stereocenters. The maximum atomic E-state index is 6.04. The van der Waals surface area contributed by atoms with Gasteiger partial charge in [0.15, 0.2) is 0 Å². The van der Waals surface area contributed by atoms with Crippen LogP contribution in [0.5, 0.6) is 5.75 Å². The van der Waals surface area contributed by atoms with Gasteiger partial charge in [0.05, 0.1) is 17.8 Å². The fraction of sp³-hybridized carbons (Fsp3) is 0.625. The third-order valence-corrected chi connectivity index (χ3v) is 4.83. The van der Waals surface area contributed by atoms with E-state index < -0.39 is 0 Å². The normalized spacial score (nSPS) is 19.5. The molecule has 122 valence electrons. The van der Waals surface area contributed by atoms with Crippen molar-refractivity contribution >= 4 is 23.1 Å². The number of hydrogen-bond donors (Lipinski definition) is 0. The zero-order valence-electron chi connectivity index (χ0n) is 14.3. The van der Waals surface area contributed by atoms with E-state index in [2.05, 4.69) is 27.7 Å². The molecule has 0 aromatic heterocycles. The third-order valence-electron chi connectivity index (χ3n) is 4.42. The van der Waals surface area contributed by atoms with Gasteiger partial charge in [-0.1, -0.05) is 12.1 Å². The summed E-state index contributed by atoms with van der Waals surface area (Å²) in [5, 5.41) is 0. The Morgan fingerprint density at radius 3 is 2.05 bits per heavy atom. The van der Waals surface area contributed by atoms with E-state index in [0.717, 1.165) is 47.8 Å². The summed E-state index contributed by atoms with van der Waals surface area (Å²) in [5.74, 6) is 0.882. The molecule has 22 heavy (non-hydrogen) atoms. The predicted molar refractivity (Wildman–Crippen MR) is 92.8 cm³/mol. The lowest BCUT2D eigenvalue weighted by atomic mass is 9.79. The fourth-order valence-electron chi connectivity index (χ4n) is 2.24. The second-order valence-corrected chi connectivity index (χ2v) is 7.28. The van der Waals surface area contributed by atoms with Gasteiger partial charge in [-0.05, 0) is 58.1 Å². The molecule has 1 aliphatic rings. The lowest BCUT2D eigenvalue weighted by Gasteiger charge is -2.32. The van der Waals surface area contributed by atoms with E-state index in [4.69, 9.17) is 18.5 Å². The summed E-state index contributed by atoms with van der Waals surface area (Å²) in [4.78, 5) is 0. The molecular formula is C16H27BO4Si. The summed E-state index contributed by atoms with van der Waals surface area (Å²) < 4.78 is 23.0. The first kappa shape index (κ1) is 17.5. The highest BCUT2D eigenvalue weighted by Crippen LogP contribution is 2.36. The van der Waals surface area contributed by atoms with Gasteiger partial charge in [0.2, 0.25) is 0 Å². The number of benzene rings is 1. The fourth-order valence-corrected chi connectivity index (χ4v) is 2.53. The third kappa shape index (κ3) is 4.13. The largest absolute Gasteiger partial charge is 0.494 e. The van der Waals surface area contributed by atoms with E-state index in [1.807, 2.05) is 24.3 Å². The van der Waals surface area contributed by atoms with Crippen LogP contribution in [0.15, 0.2) is 24.3 Å². The van der Waals surface area contributed by atoms with Crippen LogP contribution in [0.3, 0.4) is 0 Å². The molecule has 2 rings (SSSR count). The molecule has 0 aliphatic carbocycles. The summed E-state index contributed by atoms with van der Waals surface area (Å²) in [7, 11) is 0.499. The highest BCUT2D eigenvalue weighted by Gasteiger charge is 2.51. The molecule has 0 bridgehead atoms. The Morgan fingerprint density at radius 2 is 1.50 bits per heavy atom. The second-order valence-electron chi connectivity index (χ2n) is 6.71. The van der Waals surface area contributed by atoms with Crippen LogP contribution in [0.1, 0.15) is 40.5 Å². The van der Waals surface area contributed by atoms with E-state index in [1.165, 1.54) is 0 Å². The Labute approximate surface area is 137 Å². The van der Waals surface area contributed by atoms with Crippen LogP contribution in [0.25, 0.3) is 0 Å². The quantitative estimate of drug-likeness (QED) is 0.562. The minimum atomic E-state index is -0.315. The Balaban J connectivity index is 1.87. The summed E-state index contributed by atoms with van der Waals surface area (Å²) >= 11 is 0. The van der Waals surface area contributed by atoms with Gasteiger partial charge >= 0.3 is 7.12 Å². The summed E-state index contributed by atoms with van der Waals surface area (Å²) in [6, 6.07) is 7.98. The molecule has 4 nitrogen and oxygen atoms in total. The highest BCUT2D eigenvalue weighted by atomic mass is 28.2. The molecule has 1 fully saturated rings. The van der Waals surface area contributed by atoms with Gasteiger partial charge in [0.1, 0.15) is 16.2 Å². The molecule has 1 heterocycles. The van der Waals surface area contributed by atoms with Gasteiger partial charge in [-0.25, -0.2) is 0 Å². The van der Waals surface area contributed by atoms with Crippen molar-refractivity contribution in [1.82, 2.24) is 0 Å². The van der Waals surface area contributed by atoms with Crippen molar-refractivity contribution in [1.29, 1.82) is 0 Å². The summed E-state index contributed by atoms with van der Waals surface area (Å²) in [5.41, 5.74) is 0.406. The molecule has 1 aliphatic heterocycles. The summed E-state index contributed by atoms with van der Waals surface area (Å²) in [6.45, 7) is 9.82. The van der Waals surface area contributed by atoms with E-state index in [9.17, 15) is 0 Å². The van der Waals surface area contributed by atoms with Crippen molar-refractivity contribution in [3.63, 3.8) is 0 Å². The maximum absolute atomic E-state index is 6.04. The lowest BCUT2D eigenvalue weighted by molar-refractivity contribution is 0.00578. The molecule has 0 unspecified atom stereocenters. The van der Waals surface area contributed by atoms with E-state index in [0.29, 0.717) is 0 Å². The zero-order valence-corrected chi connectivity index (χ0v) is 16.3. The van der Waals surface area contributed by atoms with E-state index >= 15 is 0 Å². The average Bonchev–Trinajstić information content (AvgIpc) is 2.68. The van der Waals surface area contributed by atoms with Gasteiger partial charge in [-0.15, -0.1) is 0 Å². The molecule has 1 saturated heterocycles. The monoisotopic (exact) mass is 322 g/mol. The Hall–Kier alpha value is -0.818. The van der Waals surface area contributed by atoms with Crippen molar-refractivity contribution < 1.29 is 18.5 Å². The topological polar surface area (TPSA) is 36.9 Å². The molecule has 0 N–H and O–H groups in total. The number of hydrogen-bond acceptors (Lipinski definition) is 4. The molecule has 1 aromatic rings. The number of ether oxygens (including phenoxy) is 1. The minimum Gasteiger partial charge on any atom is -0.494 e. The van der Waals surface area contributed by atoms with Crippen LogP contribution < -0.4 is 10.2 Å². The van der Waals surface area contributed by atoms with Gasteiger partial charge in [0.25, 0.3) is 0 Å². The van der Waals surface area contributed by atoms with Crippen LogP contribution in [0.2, 0.25) is 0 Å². The van der Waals surface area contributed by atoms with E-state index in [1.54, 1.807) is 0 Å². The van der Waals surface area contributed by atoms with Crippen molar-refractivity contribution in [2.24, 2.45) is 0 Å². The van der Waals surface area contributed by atoms with Gasteiger partial charge < -0.3 is 18.5 Å². The number of unbranched alkanes of at least 4 members (excludes halogenated alkanes) is 1. The molecule has 6 heteroatoms. The van der Waals surface area contributed by atoms with E-state index in [-0.39, 0.29) is 18.3 Å². The predicted octanol–water partition coefficient (Wildman–Crippen LogP) is 1.44. The van der Waals surface area contributed by atoms with Crippen LogP contribution in [0.4, 0.5) is 0 Å². The van der Waals surface area contributed by atoms with Crippen LogP contribution >= 0.6 is 0 Å². The molecule has 1 aromatic carbocycles. The zero-order chi connectivity index (χ0) is 16.2. The smallest absolute Gasteiger partial charge is 0.494 e. The maximum Gasteiger partial charge on any atom is 0.494 e. The van der Waals surface area contributed by atoms with Gasteiger partial charge in [-0.2, -0.15) is 0 Å². The minimum absolute atomic E-state index is 0.308. The van der Waals surface area contributed by atoms with Crippen LogP contribution in [-0.4, -0.2) is 42.0 Å². The van der Waals surface area contributed by atoms with Crippen molar-refractivity contribution in [2.75, 3.05) is 13.2 Å². The van der Waals surface area contributed by atoms with Crippen LogP contribution in [0, 0.1) is 0 Å². The second kappa shape index (κ2) is 7.17. The van der Waals surface area contributed by atoms with Gasteiger partial charge in [0, 0.05) is 6.61 Å². The highest BCUT2D eigenvalue weighted by molar-refractivity contribution is 6.62. The Kier molecular flexibility index (Phi) is 5.71. The van der Waals surface area contributed by atoms with Crippen molar-refractivity contribution in [3.05, 3.63) is 24.3 Å². The lowest BCUT2D eigenvalue weighted by Crippen LogP contribution is -2.41. The van der Waals surface area contributed by atoms with Crippen LogP contribution in [-0.2, 0) is 13.7 Å².